The molecule has 8 nitrogen and oxygen atoms in total. The molecule has 32 heavy (non-hydrogen) atoms. The van der Waals surface area contributed by atoms with E-state index < -0.39 is 31.8 Å². The van der Waals surface area contributed by atoms with Crippen LogP contribution in [-0.4, -0.2) is 46.7 Å². The Labute approximate surface area is 188 Å². The van der Waals surface area contributed by atoms with E-state index >= 15 is 0 Å². The van der Waals surface area contributed by atoms with Crippen LogP contribution in [0.15, 0.2) is 58.3 Å². The molecule has 2 N–H and O–H groups in total. The molecule has 0 aliphatic heterocycles. The van der Waals surface area contributed by atoms with Gasteiger partial charge in [-0.25, -0.2) is 25.9 Å². The molecule has 0 fully saturated rings. The summed E-state index contributed by atoms with van der Waals surface area (Å²) in [5.74, 6) is -0.994. The Bertz CT molecular complexity index is 1100. The monoisotopic (exact) mass is 485 g/mol. The molecular weight excluding hydrogens is 457 g/mol. The van der Waals surface area contributed by atoms with Crippen molar-refractivity contribution in [3.8, 4) is 0 Å². The van der Waals surface area contributed by atoms with Crippen molar-refractivity contribution in [2.45, 2.75) is 42.9 Å². The summed E-state index contributed by atoms with van der Waals surface area (Å²) in [5.41, 5.74) is 0.396. The minimum atomic E-state index is -3.85. The highest BCUT2D eigenvalue weighted by atomic mass is 32.2. The highest BCUT2D eigenvalue weighted by Crippen LogP contribution is 2.19. The molecule has 11 heteroatoms. The Kier molecular flexibility index (Phi) is 9.32. The second-order valence-electron chi connectivity index (χ2n) is 7.08. The van der Waals surface area contributed by atoms with Gasteiger partial charge in [-0.3, -0.25) is 4.79 Å². The molecular formula is C21H28FN3O5S2. The zero-order valence-electron chi connectivity index (χ0n) is 18.0. The number of nitrogens with zero attached hydrogens (tertiary/aromatic N) is 1. The lowest BCUT2D eigenvalue weighted by atomic mass is 10.3. The Morgan fingerprint density at radius 2 is 1.41 bits per heavy atom. The topological polar surface area (TPSA) is 113 Å². The van der Waals surface area contributed by atoms with E-state index in [0.29, 0.717) is 31.6 Å². The van der Waals surface area contributed by atoms with E-state index in [-0.39, 0.29) is 22.8 Å². The van der Waals surface area contributed by atoms with Crippen LogP contribution in [0.2, 0.25) is 0 Å². The minimum Gasteiger partial charge on any atom is -0.326 e. The third kappa shape index (κ3) is 7.09. The van der Waals surface area contributed by atoms with Gasteiger partial charge in [-0.2, -0.15) is 4.31 Å². The van der Waals surface area contributed by atoms with Crippen LogP contribution in [0.4, 0.5) is 10.1 Å². The van der Waals surface area contributed by atoms with Crippen molar-refractivity contribution in [3.05, 3.63) is 54.3 Å². The van der Waals surface area contributed by atoms with Crippen LogP contribution in [0.5, 0.6) is 0 Å². The predicted octanol–water partition coefficient (Wildman–Crippen LogP) is 2.94. The second kappa shape index (κ2) is 11.5. The van der Waals surface area contributed by atoms with Crippen molar-refractivity contribution in [1.82, 2.24) is 9.03 Å². The van der Waals surface area contributed by atoms with Crippen molar-refractivity contribution >= 4 is 31.6 Å². The van der Waals surface area contributed by atoms with Gasteiger partial charge >= 0.3 is 0 Å². The van der Waals surface area contributed by atoms with Gasteiger partial charge in [0, 0.05) is 31.7 Å². The number of anilines is 1. The van der Waals surface area contributed by atoms with E-state index in [0.717, 1.165) is 24.3 Å². The molecule has 0 heterocycles. The van der Waals surface area contributed by atoms with Gasteiger partial charge in [0.25, 0.3) is 0 Å². The fourth-order valence-electron chi connectivity index (χ4n) is 2.93. The lowest BCUT2D eigenvalue weighted by Crippen LogP contribution is -2.32. The molecule has 2 aromatic carbocycles. The summed E-state index contributed by atoms with van der Waals surface area (Å²) in [6.07, 6.45) is 1.28. The average Bonchev–Trinajstić information content (AvgIpc) is 2.74. The smallest absolute Gasteiger partial charge is 0.243 e. The maximum atomic E-state index is 12.9. The lowest BCUT2D eigenvalue weighted by Gasteiger charge is -2.21. The Morgan fingerprint density at radius 1 is 0.875 bits per heavy atom. The fourth-order valence-corrected chi connectivity index (χ4v) is 5.59. The van der Waals surface area contributed by atoms with Crippen molar-refractivity contribution in [2.24, 2.45) is 0 Å². The van der Waals surface area contributed by atoms with Gasteiger partial charge in [-0.15, -0.1) is 0 Å². The Morgan fingerprint density at radius 3 is 1.94 bits per heavy atom. The molecule has 0 aliphatic carbocycles. The third-order valence-electron chi connectivity index (χ3n) is 4.49. The first-order valence-corrected chi connectivity index (χ1v) is 13.2. The quantitative estimate of drug-likeness (QED) is 0.480. The molecule has 0 spiro atoms. The van der Waals surface area contributed by atoms with E-state index in [1.807, 2.05) is 13.8 Å². The average molecular weight is 486 g/mol. The van der Waals surface area contributed by atoms with Crippen LogP contribution in [0.25, 0.3) is 0 Å². The normalized spacial score (nSPS) is 12.1. The molecule has 0 aromatic heterocycles. The zero-order valence-corrected chi connectivity index (χ0v) is 19.7. The molecule has 1 amide bonds. The Hall–Kier alpha value is -2.34. The summed E-state index contributed by atoms with van der Waals surface area (Å²) in [4.78, 5) is 12.2. The number of carbonyl (C=O) groups is 1. The van der Waals surface area contributed by atoms with Crippen LogP contribution >= 0.6 is 0 Å². The number of carbonyl (C=O) groups excluding carboxylic acids is 1. The summed E-state index contributed by atoms with van der Waals surface area (Å²) < 4.78 is 66.5. The largest absolute Gasteiger partial charge is 0.326 e. The number of nitrogens with one attached hydrogen (secondary N) is 2. The fraction of sp³-hybridized carbons (Fsp3) is 0.381. The number of amides is 1. The van der Waals surface area contributed by atoms with Gasteiger partial charge in [-0.1, -0.05) is 13.8 Å². The highest BCUT2D eigenvalue weighted by molar-refractivity contribution is 7.89. The van der Waals surface area contributed by atoms with Gasteiger partial charge in [-0.05, 0) is 61.4 Å². The summed E-state index contributed by atoms with van der Waals surface area (Å²) in [5, 5.41) is 2.60. The maximum Gasteiger partial charge on any atom is 0.243 e. The summed E-state index contributed by atoms with van der Waals surface area (Å²) in [6.45, 7) is 4.54. The van der Waals surface area contributed by atoms with Gasteiger partial charge in [0.1, 0.15) is 5.82 Å². The molecule has 0 unspecified atom stereocenters. The first-order valence-electron chi connectivity index (χ1n) is 10.3. The SMILES string of the molecule is CCCN(CCC)S(=O)(=O)c1ccc(NC(=O)CCNS(=O)(=O)c2ccc(F)cc2)cc1. The molecule has 2 rings (SSSR count). The number of sulfonamides is 2. The molecule has 0 atom stereocenters. The van der Waals surface area contributed by atoms with Crippen molar-refractivity contribution in [3.63, 3.8) is 0 Å². The van der Waals surface area contributed by atoms with Crippen molar-refractivity contribution < 1.29 is 26.0 Å². The summed E-state index contributed by atoms with van der Waals surface area (Å²) in [7, 11) is -7.46. The third-order valence-corrected chi connectivity index (χ3v) is 7.88. The minimum absolute atomic E-state index is 0.101. The molecule has 0 saturated heterocycles. The van der Waals surface area contributed by atoms with Crippen LogP contribution in [0.3, 0.4) is 0 Å². The van der Waals surface area contributed by atoms with E-state index in [1.165, 1.54) is 28.6 Å². The molecule has 2 aromatic rings. The molecule has 0 aliphatic rings. The van der Waals surface area contributed by atoms with Crippen LogP contribution < -0.4 is 10.0 Å². The van der Waals surface area contributed by atoms with E-state index in [9.17, 15) is 26.0 Å². The van der Waals surface area contributed by atoms with Crippen LogP contribution in [0, 0.1) is 5.82 Å². The van der Waals surface area contributed by atoms with Crippen molar-refractivity contribution in [1.29, 1.82) is 0 Å². The number of halogens is 1. The maximum absolute atomic E-state index is 12.9. The van der Waals surface area contributed by atoms with Gasteiger partial charge in [0.15, 0.2) is 0 Å². The molecule has 0 saturated carbocycles. The van der Waals surface area contributed by atoms with Gasteiger partial charge in [0.05, 0.1) is 9.79 Å². The number of hydrogen-bond donors (Lipinski definition) is 2. The van der Waals surface area contributed by atoms with Crippen LogP contribution in [-0.2, 0) is 24.8 Å². The van der Waals surface area contributed by atoms with E-state index in [1.54, 1.807) is 0 Å². The van der Waals surface area contributed by atoms with E-state index in [2.05, 4.69) is 10.0 Å². The number of hydrogen-bond acceptors (Lipinski definition) is 5. The second-order valence-corrected chi connectivity index (χ2v) is 10.8. The first kappa shape index (κ1) is 25.9. The predicted molar refractivity (Wildman–Crippen MR) is 121 cm³/mol. The van der Waals surface area contributed by atoms with Crippen LogP contribution in [0.1, 0.15) is 33.1 Å². The molecule has 0 bridgehead atoms. The highest BCUT2D eigenvalue weighted by Gasteiger charge is 2.23. The molecule has 0 radical (unpaired) electrons. The van der Waals surface area contributed by atoms with Crippen molar-refractivity contribution in [2.75, 3.05) is 25.0 Å². The molecule has 176 valence electrons. The first-order chi connectivity index (χ1) is 15.1. The number of rotatable bonds is 12. The number of benzene rings is 2. The summed E-state index contributed by atoms with van der Waals surface area (Å²) >= 11 is 0. The lowest BCUT2D eigenvalue weighted by molar-refractivity contribution is -0.116. The summed E-state index contributed by atoms with van der Waals surface area (Å²) in [6, 6.07) is 10.2. The van der Waals surface area contributed by atoms with Gasteiger partial charge < -0.3 is 5.32 Å². The standard InChI is InChI=1S/C21H28FN3O5S2/c1-3-15-25(16-4-2)32(29,30)20-11-7-18(8-12-20)24-21(26)13-14-23-31(27,28)19-9-5-17(22)6-10-19/h5-12,23H,3-4,13-16H2,1-2H3,(H,24,26). The Balaban J connectivity index is 1.93. The van der Waals surface area contributed by atoms with E-state index in [4.69, 9.17) is 0 Å². The van der Waals surface area contributed by atoms with Gasteiger partial charge in [0.2, 0.25) is 26.0 Å². The zero-order chi connectivity index (χ0) is 23.8.